The van der Waals surface area contributed by atoms with Crippen molar-refractivity contribution in [2.24, 2.45) is 5.41 Å². The number of benzene rings is 1. The molecule has 0 spiro atoms. The maximum absolute atomic E-state index is 12.9. The SMILES string of the molecule is CCCn1ncc(C(=O)N2CCC(CO)(Cc3ccccc3Cl)CC2)c1C. The number of rotatable bonds is 6. The molecule has 6 heteroatoms. The molecule has 146 valence electrons. The van der Waals surface area contributed by atoms with Crippen molar-refractivity contribution in [1.82, 2.24) is 14.7 Å². The molecule has 3 rings (SSSR count). The highest BCUT2D eigenvalue weighted by molar-refractivity contribution is 6.31. The molecule has 1 aromatic heterocycles. The number of piperidine rings is 1. The zero-order valence-electron chi connectivity index (χ0n) is 16.1. The average molecular weight is 390 g/mol. The van der Waals surface area contributed by atoms with Crippen LogP contribution >= 0.6 is 11.6 Å². The molecule has 1 aliphatic rings. The van der Waals surface area contributed by atoms with E-state index in [1.165, 1.54) is 0 Å². The van der Waals surface area contributed by atoms with Gasteiger partial charge in [0.2, 0.25) is 0 Å². The molecule has 1 fully saturated rings. The van der Waals surface area contributed by atoms with Crippen LogP contribution in [0.5, 0.6) is 0 Å². The first-order chi connectivity index (χ1) is 13.0. The third-order valence-corrected chi connectivity index (χ3v) is 6.11. The monoisotopic (exact) mass is 389 g/mol. The molecule has 2 heterocycles. The number of aliphatic hydroxyl groups excluding tert-OH is 1. The van der Waals surface area contributed by atoms with Crippen molar-refractivity contribution in [2.45, 2.75) is 46.1 Å². The number of amides is 1. The minimum Gasteiger partial charge on any atom is -0.396 e. The lowest BCUT2D eigenvalue weighted by Gasteiger charge is -2.41. The van der Waals surface area contributed by atoms with Crippen LogP contribution in [0.1, 0.15) is 47.8 Å². The maximum Gasteiger partial charge on any atom is 0.257 e. The smallest absolute Gasteiger partial charge is 0.257 e. The van der Waals surface area contributed by atoms with Crippen LogP contribution < -0.4 is 0 Å². The first kappa shape index (κ1) is 19.9. The number of carbonyl (C=O) groups is 1. The molecular weight excluding hydrogens is 362 g/mol. The van der Waals surface area contributed by atoms with Gasteiger partial charge in [-0.1, -0.05) is 36.7 Å². The van der Waals surface area contributed by atoms with Crippen LogP contribution in [0.4, 0.5) is 0 Å². The summed E-state index contributed by atoms with van der Waals surface area (Å²) >= 11 is 6.31. The van der Waals surface area contributed by atoms with Gasteiger partial charge in [-0.05, 0) is 44.2 Å². The van der Waals surface area contributed by atoms with Gasteiger partial charge < -0.3 is 10.0 Å². The average Bonchev–Trinajstić information content (AvgIpc) is 3.04. The number of aryl methyl sites for hydroxylation is 1. The lowest BCUT2D eigenvalue weighted by molar-refractivity contribution is 0.0358. The Morgan fingerprint density at radius 3 is 2.63 bits per heavy atom. The van der Waals surface area contributed by atoms with Crippen molar-refractivity contribution in [1.29, 1.82) is 0 Å². The van der Waals surface area contributed by atoms with Crippen molar-refractivity contribution in [3.05, 3.63) is 52.3 Å². The molecule has 1 N–H and O–H groups in total. The number of hydrogen-bond donors (Lipinski definition) is 1. The first-order valence-electron chi connectivity index (χ1n) is 9.65. The number of likely N-dealkylation sites (tertiary alicyclic amines) is 1. The molecule has 27 heavy (non-hydrogen) atoms. The maximum atomic E-state index is 12.9. The quantitative estimate of drug-likeness (QED) is 0.819. The van der Waals surface area contributed by atoms with Gasteiger partial charge in [-0.15, -0.1) is 0 Å². The summed E-state index contributed by atoms with van der Waals surface area (Å²) in [5.41, 5.74) is 2.45. The fraction of sp³-hybridized carbons (Fsp3) is 0.524. The highest BCUT2D eigenvalue weighted by Gasteiger charge is 2.36. The molecule has 1 aliphatic heterocycles. The van der Waals surface area contributed by atoms with Crippen molar-refractivity contribution in [3.63, 3.8) is 0 Å². The van der Waals surface area contributed by atoms with Gasteiger partial charge in [0.05, 0.1) is 11.8 Å². The normalized spacial score (nSPS) is 16.5. The fourth-order valence-corrected chi connectivity index (χ4v) is 4.09. The van der Waals surface area contributed by atoms with Gasteiger partial charge in [-0.2, -0.15) is 5.10 Å². The Hall–Kier alpha value is -1.85. The van der Waals surface area contributed by atoms with Crippen LogP contribution in [0.25, 0.3) is 0 Å². The highest BCUT2D eigenvalue weighted by Crippen LogP contribution is 2.36. The van der Waals surface area contributed by atoms with Crippen LogP contribution in [0.15, 0.2) is 30.5 Å². The summed E-state index contributed by atoms with van der Waals surface area (Å²) in [4.78, 5) is 14.8. The van der Waals surface area contributed by atoms with E-state index < -0.39 is 0 Å². The van der Waals surface area contributed by atoms with Crippen molar-refractivity contribution in [3.8, 4) is 0 Å². The van der Waals surface area contributed by atoms with Crippen molar-refractivity contribution in [2.75, 3.05) is 19.7 Å². The zero-order chi connectivity index (χ0) is 19.4. The molecule has 0 radical (unpaired) electrons. The molecule has 1 amide bonds. The summed E-state index contributed by atoms with van der Waals surface area (Å²) in [6.45, 7) is 6.26. The third kappa shape index (κ3) is 4.19. The lowest BCUT2D eigenvalue weighted by atomic mass is 9.74. The molecule has 5 nitrogen and oxygen atoms in total. The molecule has 0 atom stereocenters. The molecule has 2 aromatic rings. The minimum absolute atomic E-state index is 0.0409. The largest absolute Gasteiger partial charge is 0.396 e. The number of aliphatic hydroxyl groups is 1. The summed E-state index contributed by atoms with van der Waals surface area (Å²) in [7, 11) is 0. The zero-order valence-corrected chi connectivity index (χ0v) is 16.9. The Balaban J connectivity index is 1.68. The summed E-state index contributed by atoms with van der Waals surface area (Å²) in [6.07, 6.45) is 4.94. The highest BCUT2D eigenvalue weighted by atomic mass is 35.5. The number of nitrogens with zero attached hydrogens (tertiary/aromatic N) is 3. The van der Waals surface area contributed by atoms with Gasteiger partial charge in [0.25, 0.3) is 5.91 Å². The molecular formula is C21H28ClN3O2. The van der Waals surface area contributed by atoms with E-state index in [9.17, 15) is 9.90 Å². The Morgan fingerprint density at radius 1 is 1.30 bits per heavy atom. The van der Waals surface area contributed by atoms with E-state index in [-0.39, 0.29) is 17.9 Å². The van der Waals surface area contributed by atoms with Crippen LogP contribution in [0, 0.1) is 12.3 Å². The van der Waals surface area contributed by atoms with E-state index in [1.807, 2.05) is 40.8 Å². The van der Waals surface area contributed by atoms with Crippen LogP contribution in [0.2, 0.25) is 5.02 Å². The van der Waals surface area contributed by atoms with E-state index >= 15 is 0 Å². The number of carbonyl (C=O) groups excluding carboxylic acids is 1. The van der Waals surface area contributed by atoms with Gasteiger partial charge in [0.1, 0.15) is 0 Å². The van der Waals surface area contributed by atoms with E-state index in [4.69, 9.17) is 11.6 Å². The second-order valence-corrected chi connectivity index (χ2v) is 7.99. The molecule has 0 saturated carbocycles. The topological polar surface area (TPSA) is 58.4 Å². The van der Waals surface area contributed by atoms with E-state index in [2.05, 4.69) is 12.0 Å². The minimum atomic E-state index is -0.219. The molecule has 0 aliphatic carbocycles. The predicted molar refractivity (Wildman–Crippen MR) is 107 cm³/mol. The Bertz CT molecular complexity index is 794. The summed E-state index contributed by atoms with van der Waals surface area (Å²) < 4.78 is 1.90. The van der Waals surface area contributed by atoms with Crippen LogP contribution in [-0.2, 0) is 13.0 Å². The number of hydrogen-bond acceptors (Lipinski definition) is 3. The molecule has 0 bridgehead atoms. The molecule has 1 aromatic carbocycles. The van der Waals surface area contributed by atoms with Gasteiger partial charge in [-0.3, -0.25) is 9.48 Å². The predicted octanol–water partition coefficient (Wildman–Crippen LogP) is 3.71. The van der Waals surface area contributed by atoms with Crippen LogP contribution in [0.3, 0.4) is 0 Å². The second-order valence-electron chi connectivity index (χ2n) is 7.59. The molecule has 0 unspecified atom stereocenters. The Morgan fingerprint density at radius 2 is 2.00 bits per heavy atom. The fourth-order valence-electron chi connectivity index (χ4n) is 3.88. The van der Waals surface area contributed by atoms with Crippen LogP contribution in [-0.4, -0.2) is 45.4 Å². The number of halogens is 1. The lowest BCUT2D eigenvalue weighted by Crippen LogP contribution is -2.45. The van der Waals surface area contributed by atoms with Gasteiger partial charge in [0, 0.05) is 42.4 Å². The standard InChI is InChI=1S/C21H28ClN3O2/c1-3-10-25-16(2)18(14-23-25)20(27)24-11-8-21(15-26,9-12-24)13-17-6-4-5-7-19(17)22/h4-7,14,26H,3,8-13,15H2,1-2H3. The number of aromatic nitrogens is 2. The van der Waals surface area contributed by atoms with E-state index in [0.29, 0.717) is 18.7 Å². The van der Waals surface area contributed by atoms with Gasteiger partial charge in [0.15, 0.2) is 0 Å². The second kappa shape index (κ2) is 8.44. The summed E-state index contributed by atoms with van der Waals surface area (Å²) in [5, 5.41) is 15.2. The van der Waals surface area contributed by atoms with E-state index in [0.717, 1.165) is 48.5 Å². The summed E-state index contributed by atoms with van der Waals surface area (Å²) in [5.74, 6) is 0.0409. The van der Waals surface area contributed by atoms with Crippen molar-refractivity contribution >= 4 is 17.5 Å². The summed E-state index contributed by atoms with van der Waals surface area (Å²) in [6, 6.07) is 7.79. The van der Waals surface area contributed by atoms with E-state index in [1.54, 1.807) is 6.20 Å². The first-order valence-corrected chi connectivity index (χ1v) is 10.0. The Kier molecular flexibility index (Phi) is 6.22. The Labute approximate surface area is 165 Å². The van der Waals surface area contributed by atoms with Crippen molar-refractivity contribution < 1.29 is 9.90 Å². The molecule has 1 saturated heterocycles. The van der Waals surface area contributed by atoms with Gasteiger partial charge >= 0.3 is 0 Å². The third-order valence-electron chi connectivity index (χ3n) is 5.74. The van der Waals surface area contributed by atoms with Gasteiger partial charge in [-0.25, -0.2) is 0 Å².